The summed E-state index contributed by atoms with van der Waals surface area (Å²) in [6, 6.07) is 92.0. The molecule has 67 heavy (non-hydrogen) atoms. The maximum Gasteiger partial charge on any atom is 0.227 e. The van der Waals surface area contributed by atoms with Gasteiger partial charge < -0.3 is 23.7 Å². The maximum absolute atomic E-state index is 6.27. The molecule has 0 saturated carbocycles. The van der Waals surface area contributed by atoms with Crippen molar-refractivity contribution in [3.8, 4) is 17.1 Å². The zero-order chi connectivity index (χ0) is 44.5. The highest BCUT2D eigenvalue weighted by Gasteiger charge is 2.24. The zero-order valence-electron chi connectivity index (χ0n) is 36.5. The first kappa shape index (κ1) is 39.5. The second kappa shape index (κ2) is 17.1. The van der Waals surface area contributed by atoms with Gasteiger partial charge in [0.25, 0.3) is 0 Å². The summed E-state index contributed by atoms with van der Waals surface area (Å²) in [5.74, 6) is 0.585. The molecule has 12 rings (SSSR count). The average Bonchev–Trinajstić information content (AvgIpc) is 3.98. The van der Waals surface area contributed by atoms with Gasteiger partial charge in [0.15, 0.2) is 5.58 Å². The van der Waals surface area contributed by atoms with Gasteiger partial charge in [0.1, 0.15) is 5.52 Å². The molecule has 0 bridgehead atoms. The van der Waals surface area contributed by atoms with E-state index >= 15 is 0 Å². The zero-order valence-corrected chi connectivity index (χ0v) is 36.5. The fourth-order valence-electron chi connectivity index (χ4n) is 9.32. The summed E-state index contributed by atoms with van der Waals surface area (Å²) in [4.78, 5) is 11.9. The molecule has 0 aliphatic carbocycles. The maximum atomic E-state index is 6.27. The molecule has 6 nitrogen and oxygen atoms in total. The van der Waals surface area contributed by atoms with Crippen LogP contribution in [0.4, 0.5) is 51.2 Å². The van der Waals surface area contributed by atoms with E-state index in [0.29, 0.717) is 5.89 Å². The largest absolute Gasteiger partial charge is 0.436 e. The van der Waals surface area contributed by atoms with Crippen LogP contribution < -0.4 is 14.7 Å². The molecule has 0 amide bonds. The fraction of sp³-hybridized carbons (Fsp3) is 0. The molecule has 0 unspecified atom stereocenters. The van der Waals surface area contributed by atoms with Crippen molar-refractivity contribution >= 4 is 84.1 Å². The summed E-state index contributed by atoms with van der Waals surface area (Å²) in [5, 5.41) is 2.34. The minimum atomic E-state index is 0.585. The Morgan fingerprint density at radius 3 is 1.27 bits per heavy atom. The van der Waals surface area contributed by atoms with Crippen LogP contribution in [0.3, 0.4) is 0 Å². The quantitative estimate of drug-likeness (QED) is 0.130. The average molecular weight is 862 g/mol. The molecule has 0 fully saturated rings. The van der Waals surface area contributed by atoms with E-state index in [-0.39, 0.29) is 0 Å². The van der Waals surface area contributed by atoms with Gasteiger partial charge in [-0.2, -0.15) is 0 Å². The lowest BCUT2D eigenvalue weighted by Gasteiger charge is -2.33. The van der Waals surface area contributed by atoms with Gasteiger partial charge in [0.2, 0.25) is 5.89 Å². The second-order valence-electron chi connectivity index (χ2n) is 16.5. The van der Waals surface area contributed by atoms with Crippen LogP contribution in [0.2, 0.25) is 0 Å². The first-order chi connectivity index (χ1) is 33.2. The Balaban J connectivity index is 1.12. The predicted octanol–water partition coefficient (Wildman–Crippen LogP) is 17.0. The van der Waals surface area contributed by atoms with Gasteiger partial charge in [-0.25, -0.2) is 4.98 Å². The summed E-state index contributed by atoms with van der Waals surface area (Å²) in [6.07, 6.45) is 0. The highest BCUT2D eigenvalue weighted by atomic mass is 16.3. The van der Waals surface area contributed by atoms with Crippen molar-refractivity contribution in [1.29, 1.82) is 0 Å². The molecular weight excluding hydrogens is 819 g/mol. The molecule has 318 valence electrons. The van der Waals surface area contributed by atoms with E-state index in [4.69, 9.17) is 9.40 Å². The molecule has 0 saturated heterocycles. The summed E-state index contributed by atoms with van der Waals surface area (Å²) in [7, 11) is 0. The third-order valence-corrected chi connectivity index (χ3v) is 12.3. The number of nitrogens with zero attached hydrogens (tertiary/aromatic N) is 5. The van der Waals surface area contributed by atoms with Gasteiger partial charge in [-0.3, -0.25) is 0 Å². The Kier molecular flexibility index (Phi) is 10.1. The molecule has 0 aliphatic rings. The molecule has 6 heteroatoms. The summed E-state index contributed by atoms with van der Waals surface area (Å²) in [6.45, 7) is 0. The van der Waals surface area contributed by atoms with Crippen LogP contribution >= 0.6 is 0 Å². The van der Waals surface area contributed by atoms with Crippen molar-refractivity contribution < 1.29 is 4.42 Å². The molecule has 12 aromatic rings. The van der Waals surface area contributed by atoms with Crippen molar-refractivity contribution in [3.05, 3.63) is 261 Å². The molecule has 2 aromatic heterocycles. The molecule has 10 aromatic carbocycles. The second-order valence-corrected chi connectivity index (χ2v) is 16.5. The highest BCUT2D eigenvalue weighted by molar-refractivity contribution is 6.11. The fourth-order valence-corrected chi connectivity index (χ4v) is 9.32. The van der Waals surface area contributed by atoms with Crippen LogP contribution in [-0.2, 0) is 0 Å². The number of hydrogen-bond acceptors (Lipinski definition) is 5. The Bertz CT molecular complexity index is 3420. The van der Waals surface area contributed by atoms with E-state index in [9.17, 15) is 0 Å². The van der Waals surface area contributed by atoms with Gasteiger partial charge in [0, 0.05) is 56.1 Å². The van der Waals surface area contributed by atoms with Crippen LogP contribution in [-0.4, -0.2) is 9.55 Å². The number of para-hydroxylation sites is 8. The summed E-state index contributed by atoms with van der Waals surface area (Å²) in [5.41, 5.74) is 15.1. The lowest BCUT2D eigenvalue weighted by Crippen LogP contribution is -2.16. The third-order valence-electron chi connectivity index (χ3n) is 12.3. The first-order valence-electron chi connectivity index (χ1n) is 22.5. The van der Waals surface area contributed by atoms with Crippen LogP contribution in [0, 0.1) is 0 Å². The molecule has 0 N–H and O–H groups in total. The Hall–Kier alpha value is -9.13. The van der Waals surface area contributed by atoms with Gasteiger partial charge in [-0.15, -0.1) is 0 Å². The van der Waals surface area contributed by atoms with E-state index in [2.05, 4.69) is 256 Å². The molecular formula is C61H43N5O. The normalized spacial score (nSPS) is 11.3. The summed E-state index contributed by atoms with van der Waals surface area (Å²) >= 11 is 0. The monoisotopic (exact) mass is 861 g/mol. The standard InChI is InChI=1S/C61H43N5O/c1-6-20-45(21-7-1)63(46-22-8-2-9-23-46)52-40-53(64(47-24-10-3-11-25-47)48-26-12-4-13-27-48)42-54(41-52)65(50-36-34-44(35-37-50)61-62-57-31-17-19-33-60(57)67-61)51-38-39-59-56(43-51)55-30-16-18-32-58(55)66(59)49-28-14-5-15-29-49/h1-43H. The highest BCUT2D eigenvalue weighted by Crippen LogP contribution is 2.47. The number of benzene rings is 10. The van der Waals surface area contributed by atoms with Crippen LogP contribution in [0.25, 0.3) is 50.0 Å². The van der Waals surface area contributed by atoms with Crippen LogP contribution in [0.1, 0.15) is 0 Å². The smallest absolute Gasteiger partial charge is 0.227 e. The van der Waals surface area contributed by atoms with Gasteiger partial charge >= 0.3 is 0 Å². The Morgan fingerprint density at radius 2 is 0.731 bits per heavy atom. The third kappa shape index (κ3) is 7.42. The molecule has 2 heterocycles. The molecule has 0 aliphatic heterocycles. The van der Waals surface area contributed by atoms with Crippen molar-refractivity contribution in [2.24, 2.45) is 0 Å². The number of fused-ring (bicyclic) bond motifs is 4. The Labute approximate surface area is 389 Å². The van der Waals surface area contributed by atoms with Crippen LogP contribution in [0.15, 0.2) is 265 Å². The summed E-state index contributed by atoms with van der Waals surface area (Å²) < 4.78 is 8.63. The predicted molar refractivity (Wildman–Crippen MR) is 278 cm³/mol. The first-order valence-corrected chi connectivity index (χ1v) is 22.5. The van der Waals surface area contributed by atoms with E-state index in [1.54, 1.807) is 0 Å². The number of aromatic nitrogens is 2. The van der Waals surface area contributed by atoms with Crippen molar-refractivity contribution in [2.75, 3.05) is 14.7 Å². The number of hydrogen-bond donors (Lipinski definition) is 0. The number of rotatable bonds is 11. The lowest BCUT2D eigenvalue weighted by molar-refractivity contribution is 0.620. The van der Waals surface area contributed by atoms with Gasteiger partial charge in [-0.1, -0.05) is 121 Å². The van der Waals surface area contributed by atoms with E-state index in [1.807, 2.05) is 24.3 Å². The van der Waals surface area contributed by atoms with Gasteiger partial charge in [0.05, 0.1) is 28.1 Å². The van der Waals surface area contributed by atoms with E-state index in [1.165, 1.54) is 5.39 Å². The topological polar surface area (TPSA) is 40.7 Å². The minimum absolute atomic E-state index is 0.585. The van der Waals surface area contributed by atoms with Crippen LogP contribution in [0.5, 0.6) is 0 Å². The lowest BCUT2D eigenvalue weighted by atomic mass is 10.1. The number of oxazole rings is 1. The molecule has 0 atom stereocenters. The molecule has 0 spiro atoms. The molecule has 0 radical (unpaired) electrons. The Morgan fingerprint density at radius 1 is 0.313 bits per heavy atom. The van der Waals surface area contributed by atoms with Gasteiger partial charge in [-0.05, 0) is 140 Å². The van der Waals surface area contributed by atoms with Crippen molar-refractivity contribution in [2.45, 2.75) is 0 Å². The van der Waals surface area contributed by atoms with Crippen molar-refractivity contribution in [1.82, 2.24) is 9.55 Å². The number of anilines is 9. The SMILES string of the molecule is c1ccc(N(c2ccccc2)c2cc(N(c3ccccc3)c3ccccc3)cc(N(c3ccc(-c4nc5ccccc5o4)cc3)c3ccc4c(c3)c3ccccc3n4-c3ccccc3)c2)cc1. The van der Waals surface area contributed by atoms with Crippen molar-refractivity contribution in [3.63, 3.8) is 0 Å². The minimum Gasteiger partial charge on any atom is -0.436 e. The van der Waals surface area contributed by atoms with E-state index < -0.39 is 0 Å². The van der Waals surface area contributed by atoms with E-state index in [0.717, 1.165) is 90.0 Å².